The minimum atomic E-state index is -0.416. The number of pyridine rings is 1. The SMILES string of the molecule is CC(C)(C)c1ncc(C(=O)NCCCNc2cccnc2)c(=O)[nH]1. The highest BCUT2D eigenvalue weighted by molar-refractivity contribution is 5.93. The van der Waals surface area contributed by atoms with Crippen LogP contribution in [0, 0.1) is 0 Å². The Balaban J connectivity index is 1.81. The molecule has 0 aromatic carbocycles. The van der Waals surface area contributed by atoms with Crippen LogP contribution in [-0.4, -0.2) is 33.9 Å². The summed E-state index contributed by atoms with van der Waals surface area (Å²) >= 11 is 0. The number of H-pyrrole nitrogens is 1. The number of nitrogens with one attached hydrogen (secondary N) is 3. The van der Waals surface area contributed by atoms with Crippen LogP contribution in [0.2, 0.25) is 0 Å². The van der Waals surface area contributed by atoms with Gasteiger partial charge < -0.3 is 15.6 Å². The molecular weight excluding hydrogens is 306 g/mol. The predicted molar refractivity (Wildman–Crippen MR) is 93.2 cm³/mol. The Bertz CT molecular complexity index is 735. The van der Waals surface area contributed by atoms with E-state index in [0.717, 1.165) is 12.1 Å². The van der Waals surface area contributed by atoms with E-state index in [4.69, 9.17) is 0 Å². The second-order valence-electron chi connectivity index (χ2n) is 6.50. The lowest BCUT2D eigenvalue weighted by Gasteiger charge is -2.16. The van der Waals surface area contributed by atoms with Crippen molar-refractivity contribution in [3.63, 3.8) is 0 Å². The molecule has 0 unspecified atom stereocenters. The van der Waals surface area contributed by atoms with Gasteiger partial charge in [-0.3, -0.25) is 14.6 Å². The highest BCUT2D eigenvalue weighted by Gasteiger charge is 2.19. The number of nitrogens with zero attached hydrogens (tertiary/aromatic N) is 2. The van der Waals surface area contributed by atoms with E-state index in [1.807, 2.05) is 32.9 Å². The number of amides is 1. The minimum absolute atomic E-state index is 0.0308. The summed E-state index contributed by atoms with van der Waals surface area (Å²) in [7, 11) is 0. The summed E-state index contributed by atoms with van der Waals surface area (Å²) in [5, 5.41) is 5.93. The van der Waals surface area contributed by atoms with Crippen LogP contribution < -0.4 is 16.2 Å². The molecule has 0 radical (unpaired) electrons. The van der Waals surface area contributed by atoms with Crippen molar-refractivity contribution in [1.82, 2.24) is 20.3 Å². The summed E-state index contributed by atoms with van der Waals surface area (Å²) in [6, 6.07) is 3.78. The molecule has 7 heteroatoms. The summed E-state index contributed by atoms with van der Waals surface area (Å²) in [5.74, 6) is 0.148. The number of carbonyl (C=O) groups excluding carboxylic acids is 1. The Morgan fingerprint density at radius 3 is 2.67 bits per heavy atom. The second kappa shape index (κ2) is 7.72. The van der Waals surface area contributed by atoms with Crippen LogP contribution in [0.25, 0.3) is 0 Å². The summed E-state index contributed by atoms with van der Waals surface area (Å²) in [4.78, 5) is 34.9. The fourth-order valence-electron chi connectivity index (χ4n) is 2.02. The van der Waals surface area contributed by atoms with Gasteiger partial charge in [0.2, 0.25) is 0 Å². The van der Waals surface area contributed by atoms with Gasteiger partial charge in [0.05, 0.1) is 5.69 Å². The first kappa shape index (κ1) is 17.7. The van der Waals surface area contributed by atoms with Gasteiger partial charge in [-0.2, -0.15) is 0 Å². The van der Waals surface area contributed by atoms with Crippen LogP contribution in [0.5, 0.6) is 0 Å². The van der Waals surface area contributed by atoms with Crippen molar-refractivity contribution in [1.29, 1.82) is 0 Å². The standard InChI is InChI=1S/C17H23N5O2/c1-17(2,3)16-21-11-13(15(24)22-16)14(23)20-9-5-8-19-12-6-4-7-18-10-12/h4,6-7,10-11,19H,5,8-9H2,1-3H3,(H,20,23)(H,21,22,24). The van der Waals surface area contributed by atoms with Crippen molar-refractivity contribution >= 4 is 11.6 Å². The zero-order valence-corrected chi connectivity index (χ0v) is 14.2. The van der Waals surface area contributed by atoms with E-state index in [0.29, 0.717) is 18.9 Å². The molecule has 24 heavy (non-hydrogen) atoms. The Kier molecular flexibility index (Phi) is 5.68. The summed E-state index contributed by atoms with van der Waals surface area (Å²) in [6.07, 6.45) is 5.51. The molecule has 2 aromatic rings. The van der Waals surface area contributed by atoms with Gasteiger partial charge in [-0.15, -0.1) is 0 Å². The molecule has 2 heterocycles. The monoisotopic (exact) mass is 329 g/mol. The molecule has 0 fully saturated rings. The van der Waals surface area contributed by atoms with Gasteiger partial charge in [0, 0.05) is 37.1 Å². The van der Waals surface area contributed by atoms with Gasteiger partial charge in [-0.25, -0.2) is 4.98 Å². The third kappa shape index (κ3) is 4.91. The maximum Gasteiger partial charge on any atom is 0.263 e. The largest absolute Gasteiger partial charge is 0.384 e. The van der Waals surface area contributed by atoms with E-state index >= 15 is 0 Å². The van der Waals surface area contributed by atoms with Gasteiger partial charge in [0.1, 0.15) is 11.4 Å². The molecule has 0 saturated heterocycles. The fraction of sp³-hybridized carbons (Fsp3) is 0.412. The molecular formula is C17H23N5O2. The molecule has 7 nitrogen and oxygen atoms in total. The fourth-order valence-corrected chi connectivity index (χ4v) is 2.02. The van der Waals surface area contributed by atoms with E-state index in [2.05, 4.69) is 25.6 Å². The van der Waals surface area contributed by atoms with Crippen LogP contribution in [0.1, 0.15) is 43.4 Å². The quantitative estimate of drug-likeness (QED) is 0.700. The zero-order valence-electron chi connectivity index (χ0n) is 14.2. The topological polar surface area (TPSA) is 99.8 Å². The number of hydrogen-bond donors (Lipinski definition) is 3. The van der Waals surface area contributed by atoms with Gasteiger partial charge in [0.25, 0.3) is 11.5 Å². The zero-order chi connectivity index (χ0) is 17.6. The minimum Gasteiger partial charge on any atom is -0.384 e. The molecule has 128 valence electrons. The molecule has 1 amide bonds. The second-order valence-corrected chi connectivity index (χ2v) is 6.50. The van der Waals surface area contributed by atoms with Crippen LogP contribution in [-0.2, 0) is 5.41 Å². The van der Waals surface area contributed by atoms with Crippen molar-refractivity contribution in [3.8, 4) is 0 Å². The van der Waals surface area contributed by atoms with E-state index < -0.39 is 11.5 Å². The highest BCUT2D eigenvalue weighted by Crippen LogP contribution is 2.15. The van der Waals surface area contributed by atoms with E-state index in [1.54, 1.807) is 12.4 Å². The highest BCUT2D eigenvalue weighted by atomic mass is 16.2. The average Bonchev–Trinajstić information content (AvgIpc) is 2.54. The number of carbonyl (C=O) groups is 1. The molecule has 2 aromatic heterocycles. The number of rotatable bonds is 6. The van der Waals surface area contributed by atoms with Crippen molar-refractivity contribution in [2.45, 2.75) is 32.6 Å². The first-order chi connectivity index (χ1) is 11.4. The van der Waals surface area contributed by atoms with Crippen molar-refractivity contribution in [2.24, 2.45) is 0 Å². The van der Waals surface area contributed by atoms with Gasteiger partial charge in [0.15, 0.2) is 0 Å². The van der Waals surface area contributed by atoms with Gasteiger partial charge in [-0.1, -0.05) is 20.8 Å². The Morgan fingerprint density at radius 1 is 1.25 bits per heavy atom. The number of aromatic nitrogens is 3. The third-order valence-electron chi connectivity index (χ3n) is 3.38. The molecule has 0 aliphatic heterocycles. The molecule has 0 aliphatic carbocycles. The van der Waals surface area contributed by atoms with E-state index in [9.17, 15) is 9.59 Å². The summed E-state index contributed by atoms with van der Waals surface area (Å²) < 4.78 is 0. The molecule has 3 N–H and O–H groups in total. The first-order valence-electron chi connectivity index (χ1n) is 7.90. The lowest BCUT2D eigenvalue weighted by atomic mass is 9.96. The van der Waals surface area contributed by atoms with Gasteiger partial charge in [-0.05, 0) is 18.6 Å². The van der Waals surface area contributed by atoms with Crippen LogP contribution in [0.3, 0.4) is 0 Å². The predicted octanol–water partition coefficient (Wildman–Crippen LogP) is 1.69. The normalized spacial score (nSPS) is 11.1. The summed E-state index contributed by atoms with van der Waals surface area (Å²) in [5.41, 5.74) is 0.276. The number of aromatic amines is 1. The molecule has 0 atom stereocenters. The first-order valence-corrected chi connectivity index (χ1v) is 7.90. The van der Waals surface area contributed by atoms with Crippen molar-refractivity contribution in [3.05, 3.63) is 52.5 Å². The Morgan fingerprint density at radius 2 is 2.04 bits per heavy atom. The van der Waals surface area contributed by atoms with Crippen LogP contribution in [0.15, 0.2) is 35.5 Å². The smallest absolute Gasteiger partial charge is 0.263 e. The molecule has 2 rings (SSSR count). The average molecular weight is 329 g/mol. The van der Waals surface area contributed by atoms with Crippen LogP contribution in [0.4, 0.5) is 5.69 Å². The molecule has 0 saturated carbocycles. The maximum absolute atomic E-state index is 12.1. The molecule has 0 bridgehead atoms. The Labute approximate surface area is 140 Å². The van der Waals surface area contributed by atoms with E-state index in [1.165, 1.54) is 6.20 Å². The Hall–Kier alpha value is -2.70. The number of anilines is 1. The summed E-state index contributed by atoms with van der Waals surface area (Å²) in [6.45, 7) is 7.00. The molecule has 0 spiro atoms. The van der Waals surface area contributed by atoms with Crippen LogP contribution >= 0.6 is 0 Å². The van der Waals surface area contributed by atoms with E-state index in [-0.39, 0.29) is 11.0 Å². The van der Waals surface area contributed by atoms with Crippen molar-refractivity contribution < 1.29 is 4.79 Å². The third-order valence-corrected chi connectivity index (χ3v) is 3.38. The van der Waals surface area contributed by atoms with Crippen molar-refractivity contribution in [2.75, 3.05) is 18.4 Å². The maximum atomic E-state index is 12.1. The lowest BCUT2D eigenvalue weighted by Crippen LogP contribution is -2.33. The van der Waals surface area contributed by atoms with Gasteiger partial charge >= 0.3 is 0 Å². The molecule has 0 aliphatic rings. The number of hydrogen-bond acceptors (Lipinski definition) is 5. The lowest BCUT2D eigenvalue weighted by molar-refractivity contribution is 0.0951.